The zero-order chi connectivity index (χ0) is 17.9. The molecule has 2 nitrogen and oxygen atoms in total. The summed E-state index contributed by atoms with van der Waals surface area (Å²) < 4.78 is 0. The molecule has 140 valence electrons. The first-order valence-electron chi connectivity index (χ1n) is 10.5. The predicted octanol–water partition coefficient (Wildman–Crippen LogP) is 5.12. The minimum Gasteiger partial charge on any atom is -0.326 e. The van der Waals surface area contributed by atoms with Gasteiger partial charge in [0.15, 0.2) is 0 Å². The molecule has 8 atom stereocenters. The topological polar surface area (TPSA) is 52.0 Å². The van der Waals surface area contributed by atoms with Crippen molar-refractivity contribution in [3.05, 3.63) is 12.2 Å². The van der Waals surface area contributed by atoms with Crippen LogP contribution < -0.4 is 11.5 Å². The summed E-state index contributed by atoms with van der Waals surface area (Å²) in [5, 5.41) is 0. The maximum absolute atomic E-state index is 6.65. The molecule has 2 aliphatic carbocycles. The van der Waals surface area contributed by atoms with E-state index in [1.165, 1.54) is 56.9 Å². The van der Waals surface area contributed by atoms with Gasteiger partial charge in [-0.25, -0.2) is 0 Å². The summed E-state index contributed by atoms with van der Waals surface area (Å²) in [6, 6.07) is 0.233. The summed E-state index contributed by atoms with van der Waals surface area (Å²) in [5.41, 5.74) is 14.4. The monoisotopic (exact) mass is 334 g/mol. The van der Waals surface area contributed by atoms with E-state index in [-0.39, 0.29) is 12.1 Å². The van der Waals surface area contributed by atoms with Crippen molar-refractivity contribution in [3.8, 4) is 0 Å². The third-order valence-electron chi connectivity index (χ3n) is 7.40. The van der Waals surface area contributed by atoms with Crippen LogP contribution in [0.4, 0.5) is 0 Å². The first-order chi connectivity index (χ1) is 11.3. The summed E-state index contributed by atoms with van der Waals surface area (Å²) in [6.07, 6.45) is 10.9. The van der Waals surface area contributed by atoms with E-state index in [0.717, 1.165) is 17.8 Å². The van der Waals surface area contributed by atoms with E-state index in [0.29, 0.717) is 17.8 Å². The Bertz CT molecular complexity index is 403. The van der Waals surface area contributed by atoms with Gasteiger partial charge in [0, 0.05) is 12.1 Å². The predicted molar refractivity (Wildman–Crippen MR) is 106 cm³/mol. The minimum absolute atomic E-state index is 0.0958. The van der Waals surface area contributed by atoms with Gasteiger partial charge in [-0.3, -0.25) is 0 Å². The van der Waals surface area contributed by atoms with E-state index >= 15 is 0 Å². The van der Waals surface area contributed by atoms with E-state index in [9.17, 15) is 0 Å². The fourth-order valence-electron chi connectivity index (χ4n) is 5.53. The summed E-state index contributed by atoms with van der Waals surface area (Å²) >= 11 is 0. The summed E-state index contributed by atoms with van der Waals surface area (Å²) in [5.74, 6) is 4.34. The van der Waals surface area contributed by atoms with Crippen LogP contribution in [0.15, 0.2) is 12.2 Å². The van der Waals surface area contributed by atoms with Crippen LogP contribution in [0.3, 0.4) is 0 Å². The van der Waals surface area contributed by atoms with Gasteiger partial charge in [0.05, 0.1) is 0 Å². The molecule has 8 unspecified atom stereocenters. The number of rotatable bonds is 6. The number of unbranched alkanes of at least 4 members (excludes halogenated alkanes) is 1. The van der Waals surface area contributed by atoms with E-state index in [1.54, 1.807) is 0 Å². The Morgan fingerprint density at radius 2 is 1.75 bits per heavy atom. The molecule has 0 saturated heterocycles. The third kappa shape index (κ3) is 4.64. The van der Waals surface area contributed by atoms with Gasteiger partial charge in [0.1, 0.15) is 0 Å². The molecule has 24 heavy (non-hydrogen) atoms. The van der Waals surface area contributed by atoms with Crippen molar-refractivity contribution in [2.24, 2.45) is 47.0 Å². The fraction of sp³-hybridized carbons (Fsp3) is 0.909. The van der Waals surface area contributed by atoms with Crippen molar-refractivity contribution < 1.29 is 0 Å². The fourth-order valence-corrected chi connectivity index (χ4v) is 5.53. The van der Waals surface area contributed by atoms with Gasteiger partial charge in [0.2, 0.25) is 0 Å². The highest BCUT2D eigenvalue weighted by atomic mass is 14.8. The molecular formula is C22H42N2. The first-order valence-corrected chi connectivity index (χ1v) is 10.5. The average Bonchev–Trinajstić information content (AvgIpc) is 2.54. The summed E-state index contributed by atoms with van der Waals surface area (Å²) in [7, 11) is 0. The Morgan fingerprint density at radius 3 is 2.38 bits per heavy atom. The van der Waals surface area contributed by atoms with Crippen molar-refractivity contribution in [1.82, 2.24) is 0 Å². The molecule has 0 radical (unpaired) electrons. The van der Waals surface area contributed by atoms with Gasteiger partial charge >= 0.3 is 0 Å². The molecule has 0 aromatic heterocycles. The molecule has 2 fully saturated rings. The molecule has 0 aromatic carbocycles. The van der Waals surface area contributed by atoms with Crippen molar-refractivity contribution in [2.45, 2.75) is 91.1 Å². The lowest BCUT2D eigenvalue weighted by molar-refractivity contribution is 0.0885. The van der Waals surface area contributed by atoms with Crippen LogP contribution in [0.5, 0.6) is 0 Å². The molecule has 2 saturated carbocycles. The third-order valence-corrected chi connectivity index (χ3v) is 7.40. The lowest BCUT2D eigenvalue weighted by Crippen LogP contribution is -2.57. The van der Waals surface area contributed by atoms with Gasteiger partial charge < -0.3 is 11.5 Å². The SMILES string of the molecule is C=C(C)C1CC(C)C(CC2CC(CCCC)CCC2C)C(N)C1N. The van der Waals surface area contributed by atoms with Crippen molar-refractivity contribution in [1.29, 1.82) is 0 Å². The molecule has 2 aliphatic rings. The summed E-state index contributed by atoms with van der Waals surface area (Å²) in [6.45, 7) is 13.4. The second-order valence-electron chi connectivity index (χ2n) is 9.28. The molecule has 0 bridgehead atoms. The second kappa shape index (κ2) is 8.85. The molecule has 0 aromatic rings. The molecule has 0 heterocycles. The van der Waals surface area contributed by atoms with Gasteiger partial charge in [-0.1, -0.05) is 65.0 Å². The van der Waals surface area contributed by atoms with Gasteiger partial charge in [-0.05, 0) is 61.7 Å². The minimum atomic E-state index is 0.0958. The largest absolute Gasteiger partial charge is 0.326 e. The van der Waals surface area contributed by atoms with Crippen molar-refractivity contribution in [3.63, 3.8) is 0 Å². The van der Waals surface area contributed by atoms with Gasteiger partial charge in [-0.2, -0.15) is 0 Å². The number of nitrogens with two attached hydrogens (primary N) is 2. The first kappa shape index (κ1) is 20.0. The standard InChI is InChI=1S/C22H42N2/c1-6-7-8-17-10-9-15(4)18(12-17)13-20-16(5)11-19(14(2)3)21(23)22(20)24/h15-22H,2,6-13,23-24H2,1,3-5H3. The Labute approximate surface area is 150 Å². The highest BCUT2D eigenvalue weighted by Crippen LogP contribution is 2.44. The lowest BCUT2D eigenvalue weighted by Gasteiger charge is -2.46. The van der Waals surface area contributed by atoms with Crippen LogP contribution in [0.1, 0.15) is 79.1 Å². The average molecular weight is 335 g/mol. The zero-order valence-electron chi connectivity index (χ0n) is 16.6. The van der Waals surface area contributed by atoms with Crippen molar-refractivity contribution >= 4 is 0 Å². The Kier molecular flexibility index (Phi) is 7.37. The highest BCUT2D eigenvalue weighted by Gasteiger charge is 2.41. The Morgan fingerprint density at radius 1 is 1.04 bits per heavy atom. The maximum Gasteiger partial charge on any atom is 0.0261 e. The number of hydrogen-bond donors (Lipinski definition) is 2. The normalized spacial score (nSPS) is 43.6. The lowest BCUT2D eigenvalue weighted by atomic mass is 9.62. The molecule has 0 aliphatic heterocycles. The Hall–Kier alpha value is -0.340. The molecular weight excluding hydrogens is 292 g/mol. The van der Waals surface area contributed by atoms with E-state index in [2.05, 4.69) is 34.3 Å². The summed E-state index contributed by atoms with van der Waals surface area (Å²) in [4.78, 5) is 0. The van der Waals surface area contributed by atoms with E-state index < -0.39 is 0 Å². The van der Waals surface area contributed by atoms with Gasteiger partial charge in [0.25, 0.3) is 0 Å². The highest BCUT2D eigenvalue weighted by molar-refractivity contribution is 5.08. The quantitative estimate of drug-likeness (QED) is 0.662. The maximum atomic E-state index is 6.65. The van der Waals surface area contributed by atoms with Gasteiger partial charge in [-0.15, -0.1) is 0 Å². The molecule has 2 heteroatoms. The van der Waals surface area contributed by atoms with Crippen LogP contribution >= 0.6 is 0 Å². The van der Waals surface area contributed by atoms with Crippen LogP contribution in [-0.2, 0) is 0 Å². The van der Waals surface area contributed by atoms with E-state index in [4.69, 9.17) is 11.5 Å². The van der Waals surface area contributed by atoms with Crippen LogP contribution in [0.2, 0.25) is 0 Å². The smallest absolute Gasteiger partial charge is 0.0261 e. The van der Waals surface area contributed by atoms with E-state index in [1.807, 2.05) is 0 Å². The molecule has 0 amide bonds. The molecule has 0 spiro atoms. The molecule has 2 rings (SSSR count). The van der Waals surface area contributed by atoms with Crippen molar-refractivity contribution in [2.75, 3.05) is 0 Å². The second-order valence-corrected chi connectivity index (χ2v) is 9.28. The van der Waals surface area contributed by atoms with Crippen LogP contribution in [0, 0.1) is 35.5 Å². The van der Waals surface area contributed by atoms with Crippen LogP contribution in [-0.4, -0.2) is 12.1 Å². The zero-order valence-corrected chi connectivity index (χ0v) is 16.6. The molecule has 4 N–H and O–H groups in total. The number of hydrogen-bond acceptors (Lipinski definition) is 2. The van der Waals surface area contributed by atoms with Crippen LogP contribution in [0.25, 0.3) is 0 Å². The Balaban J connectivity index is 1.99.